The predicted octanol–water partition coefficient (Wildman–Crippen LogP) is 2.50. The molecule has 0 unspecified atom stereocenters. The number of amides is 1. The van der Waals surface area contributed by atoms with Gasteiger partial charge in [-0.05, 0) is 19.3 Å². The van der Waals surface area contributed by atoms with Gasteiger partial charge in [-0.2, -0.15) is 0 Å². The molecule has 0 aliphatic rings. The van der Waals surface area contributed by atoms with E-state index in [0.717, 1.165) is 38.8 Å². The molecule has 15 heavy (non-hydrogen) atoms. The number of hydrogen-bond acceptors (Lipinski definition) is 2. The highest BCUT2D eigenvalue weighted by Crippen LogP contribution is 2.04. The van der Waals surface area contributed by atoms with Crippen molar-refractivity contribution in [2.24, 2.45) is 0 Å². The zero-order valence-electron chi connectivity index (χ0n) is 10.3. The van der Waals surface area contributed by atoms with Crippen LogP contribution >= 0.6 is 0 Å². The summed E-state index contributed by atoms with van der Waals surface area (Å²) in [6.07, 6.45) is 3.96. The first kappa shape index (κ1) is 14.2. The van der Waals surface area contributed by atoms with Gasteiger partial charge in [0.15, 0.2) is 0 Å². The van der Waals surface area contributed by atoms with E-state index in [2.05, 4.69) is 25.9 Å². The lowest BCUT2D eigenvalue weighted by atomic mass is 10.1. The summed E-state index contributed by atoms with van der Waals surface area (Å²) in [5, 5.41) is 1.93. The molecule has 0 aliphatic carbocycles. The van der Waals surface area contributed by atoms with Crippen molar-refractivity contribution in [3.05, 3.63) is 12.2 Å². The average Bonchev–Trinajstić information content (AvgIpc) is 2.24. The second kappa shape index (κ2) is 8.48. The molecule has 0 aliphatic heterocycles. The van der Waals surface area contributed by atoms with Crippen LogP contribution in [0, 0.1) is 0 Å². The number of nitrogens with one attached hydrogen (secondary N) is 1. The zero-order chi connectivity index (χ0) is 11.7. The summed E-state index contributed by atoms with van der Waals surface area (Å²) in [5.74, 6) is -0.0289. The fourth-order valence-corrected chi connectivity index (χ4v) is 1.29. The fraction of sp³-hybridized carbons (Fsp3) is 0.750. The molecule has 3 heteroatoms. The molecule has 0 aromatic rings. The van der Waals surface area contributed by atoms with Gasteiger partial charge in [0.25, 0.3) is 5.91 Å². The Kier molecular flexibility index (Phi) is 8.01. The fourth-order valence-electron chi connectivity index (χ4n) is 1.29. The van der Waals surface area contributed by atoms with Gasteiger partial charge in [-0.25, -0.2) is 5.01 Å². The maximum absolute atomic E-state index is 11.6. The van der Waals surface area contributed by atoms with Crippen LogP contribution in [0.5, 0.6) is 0 Å². The standard InChI is InChI=1S/C12H24N2O/c1-5-8-9-11(4)12(15)13-14(7-3)10-6-2/h4-10H2,1-3H3,(H,13,15). The van der Waals surface area contributed by atoms with Crippen molar-refractivity contribution < 1.29 is 4.79 Å². The minimum absolute atomic E-state index is 0.0289. The lowest BCUT2D eigenvalue weighted by molar-refractivity contribution is -0.122. The molecule has 0 saturated heterocycles. The van der Waals surface area contributed by atoms with E-state index < -0.39 is 0 Å². The molecule has 1 amide bonds. The topological polar surface area (TPSA) is 32.3 Å². The van der Waals surface area contributed by atoms with Crippen LogP contribution in [-0.2, 0) is 4.79 Å². The normalized spacial score (nSPS) is 10.4. The lowest BCUT2D eigenvalue weighted by Gasteiger charge is -2.21. The number of unbranched alkanes of at least 4 members (excludes halogenated alkanes) is 1. The number of hydrazine groups is 1. The molecular weight excluding hydrogens is 188 g/mol. The second-order valence-corrected chi connectivity index (χ2v) is 3.73. The number of nitrogens with zero attached hydrogens (tertiary/aromatic N) is 1. The highest BCUT2D eigenvalue weighted by Gasteiger charge is 2.09. The van der Waals surface area contributed by atoms with Crippen molar-refractivity contribution in [1.82, 2.24) is 10.4 Å². The summed E-state index contributed by atoms with van der Waals surface area (Å²) in [5.41, 5.74) is 3.56. The molecule has 1 N–H and O–H groups in total. The van der Waals surface area contributed by atoms with E-state index in [0.29, 0.717) is 5.57 Å². The Morgan fingerprint density at radius 3 is 2.40 bits per heavy atom. The Morgan fingerprint density at radius 2 is 1.93 bits per heavy atom. The molecule has 3 nitrogen and oxygen atoms in total. The lowest BCUT2D eigenvalue weighted by Crippen LogP contribution is -2.43. The van der Waals surface area contributed by atoms with E-state index >= 15 is 0 Å². The van der Waals surface area contributed by atoms with Crippen molar-refractivity contribution in [2.75, 3.05) is 13.1 Å². The Hall–Kier alpha value is -0.830. The predicted molar refractivity (Wildman–Crippen MR) is 64.3 cm³/mol. The molecule has 0 aromatic heterocycles. The summed E-state index contributed by atoms with van der Waals surface area (Å²) < 4.78 is 0. The molecular formula is C12H24N2O. The van der Waals surface area contributed by atoms with Crippen LogP contribution in [0.4, 0.5) is 0 Å². The largest absolute Gasteiger partial charge is 0.285 e. The molecule has 0 aromatic carbocycles. The highest BCUT2D eigenvalue weighted by molar-refractivity contribution is 5.92. The molecule has 0 heterocycles. The molecule has 0 atom stereocenters. The minimum Gasteiger partial charge on any atom is -0.285 e. The van der Waals surface area contributed by atoms with E-state index in [1.807, 2.05) is 11.9 Å². The average molecular weight is 212 g/mol. The van der Waals surface area contributed by atoms with Gasteiger partial charge in [0.05, 0.1) is 0 Å². The van der Waals surface area contributed by atoms with E-state index in [-0.39, 0.29) is 5.91 Å². The highest BCUT2D eigenvalue weighted by atomic mass is 16.2. The van der Waals surface area contributed by atoms with Crippen LogP contribution in [-0.4, -0.2) is 24.0 Å². The summed E-state index contributed by atoms with van der Waals surface area (Å²) in [6.45, 7) is 11.8. The van der Waals surface area contributed by atoms with E-state index in [1.54, 1.807) is 0 Å². The van der Waals surface area contributed by atoms with Gasteiger partial charge in [0.1, 0.15) is 0 Å². The van der Waals surface area contributed by atoms with Crippen LogP contribution in [0.15, 0.2) is 12.2 Å². The Morgan fingerprint density at radius 1 is 1.27 bits per heavy atom. The first-order valence-corrected chi connectivity index (χ1v) is 5.89. The summed E-state index contributed by atoms with van der Waals surface area (Å²) >= 11 is 0. The number of hydrogen-bond donors (Lipinski definition) is 1. The summed E-state index contributed by atoms with van der Waals surface area (Å²) in [7, 11) is 0. The van der Waals surface area contributed by atoms with Gasteiger partial charge >= 0.3 is 0 Å². The second-order valence-electron chi connectivity index (χ2n) is 3.73. The molecule has 0 rings (SSSR count). The maximum atomic E-state index is 11.6. The summed E-state index contributed by atoms with van der Waals surface area (Å²) in [6, 6.07) is 0. The number of carbonyl (C=O) groups is 1. The molecule has 0 bridgehead atoms. The third-order valence-corrected chi connectivity index (χ3v) is 2.29. The Bertz CT molecular complexity index is 202. The van der Waals surface area contributed by atoms with Gasteiger partial charge in [-0.3, -0.25) is 10.2 Å². The van der Waals surface area contributed by atoms with E-state index in [9.17, 15) is 4.79 Å². The molecule has 0 spiro atoms. The maximum Gasteiger partial charge on any atom is 0.260 e. The van der Waals surface area contributed by atoms with Crippen molar-refractivity contribution in [3.63, 3.8) is 0 Å². The molecule has 0 fully saturated rings. The third-order valence-electron chi connectivity index (χ3n) is 2.29. The van der Waals surface area contributed by atoms with Crippen molar-refractivity contribution in [1.29, 1.82) is 0 Å². The molecule has 0 saturated carbocycles. The summed E-state index contributed by atoms with van der Waals surface area (Å²) in [4.78, 5) is 11.6. The van der Waals surface area contributed by atoms with Crippen LogP contribution in [0.2, 0.25) is 0 Å². The monoisotopic (exact) mass is 212 g/mol. The Labute approximate surface area is 93.5 Å². The van der Waals surface area contributed by atoms with Crippen LogP contribution in [0.3, 0.4) is 0 Å². The minimum atomic E-state index is -0.0289. The van der Waals surface area contributed by atoms with Crippen LogP contribution in [0.25, 0.3) is 0 Å². The Balaban J connectivity index is 3.93. The van der Waals surface area contributed by atoms with Crippen LogP contribution in [0.1, 0.15) is 46.5 Å². The van der Waals surface area contributed by atoms with Gasteiger partial charge in [-0.15, -0.1) is 0 Å². The van der Waals surface area contributed by atoms with Gasteiger partial charge < -0.3 is 0 Å². The molecule has 88 valence electrons. The van der Waals surface area contributed by atoms with Gasteiger partial charge in [0.2, 0.25) is 0 Å². The first-order valence-electron chi connectivity index (χ1n) is 5.89. The van der Waals surface area contributed by atoms with Crippen molar-refractivity contribution in [3.8, 4) is 0 Å². The van der Waals surface area contributed by atoms with E-state index in [4.69, 9.17) is 0 Å². The third kappa shape index (κ3) is 6.28. The number of carbonyl (C=O) groups excluding carboxylic acids is 1. The van der Waals surface area contributed by atoms with Crippen LogP contribution < -0.4 is 5.43 Å². The van der Waals surface area contributed by atoms with E-state index in [1.165, 1.54) is 0 Å². The smallest absolute Gasteiger partial charge is 0.260 e. The van der Waals surface area contributed by atoms with Crippen molar-refractivity contribution >= 4 is 5.91 Å². The van der Waals surface area contributed by atoms with Gasteiger partial charge in [0, 0.05) is 18.7 Å². The van der Waals surface area contributed by atoms with Gasteiger partial charge in [-0.1, -0.05) is 33.8 Å². The van der Waals surface area contributed by atoms with Crippen molar-refractivity contribution in [2.45, 2.75) is 46.5 Å². The quantitative estimate of drug-likeness (QED) is 0.495. The SMILES string of the molecule is C=C(CCCC)C(=O)NN(CC)CCC. The molecule has 0 radical (unpaired) electrons. The number of rotatable bonds is 8. The first-order chi connectivity index (χ1) is 7.15. The zero-order valence-corrected chi connectivity index (χ0v) is 10.3.